The molecule has 0 saturated carbocycles. The SMILES string of the molecule is CC(C)(C)OC(=O)NC(Cc1ccccc1)C(=O)N[C@H]1CCOC1O. The lowest BCUT2D eigenvalue weighted by Gasteiger charge is -2.25. The van der Waals surface area contributed by atoms with Gasteiger partial charge in [0.15, 0.2) is 6.29 Å². The molecule has 1 fully saturated rings. The Hall–Kier alpha value is -2.12. The minimum absolute atomic E-state index is 0.315. The number of alkyl carbamates (subject to hydrolysis) is 1. The summed E-state index contributed by atoms with van der Waals surface area (Å²) in [6, 6.07) is 8.08. The van der Waals surface area contributed by atoms with Gasteiger partial charge in [0.25, 0.3) is 0 Å². The molecule has 2 rings (SSSR count). The Kier molecular flexibility index (Phi) is 6.39. The van der Waals surface area contributed by atoms with E-state index in [2.05, 4.69) is 10.6 Å². The van der Waals surface area contributed by atoms with E-state index in [4.69, 9.17) is 9.47 Å². The van der Waals surface area contributed by atoms with Crippen molar-refractivity contribution in [1.29, 1.82) is 0 Å². The Balaban J connectivity index is 2.05. The fourth-order valence-corrected chi connectivity index (χ4v) is 2.51. The minimum Gasteiger partial charge on any atom is -0.444 e. The van der Waals surface area contributed by atoms with Gasteiger partial charge in [0.2, 0.25) is 5.91 Å². The number of hydrogen-bond acceptors (Lipinski definition) is 5. The number of benzene rings is 1. The van der Waals surface area contributed by atoms with Crippen LogP contribution in [0.3, 0.4) is 0 Å². The average Bonchev–Trinajstić information content (AvgIpc) is 2.91. The molecule has 0 aliphatic carbocycles. The summed E-state index contributed by atoms with van der Waals surface area (Å²) in [4.78, 5) is 24.7. The standard InChI is InChI=1S/C18H26N2O5/c1-18(2,3)25-17(23)20-14(11-12-7-5-4-6-8-12)15(21)19-13-9-10-24-16(13)22/h4-8,13-14,16,22H,9-11H2,1-3H3,(H,19,21)(H,20,23)/t13-,14?,16?/m0/s1. The van der Waals surface area contributed by atoms with Crippen molar-refractivity contribution in [3.8, 4) is 0 Å². The molecule has 0 radical (unpaired) electrons. The highest BCUT2D eigenvalue weighted by atomic mass is 16.6. The quantitative estimate of drug-likeness (QED) is 0.745. The zero-order chi connectivity index (χ0) is 18.4. The lowest BCUT2D eigenvalue weighted by molar-refractivity contribution is -0.127. The van der Waals surface area contributed by atoms with E-state index in [1.54, 1.807) is 20.8 Å². The molecule has 1 heterocycles. The van der Waals surface area contributed by atoms with E-state index in [0.717, 1.165) is 5.56 Å². The fraction of sp³-hybridized carbons (Fsp3) is 0.556. The van der Waals surface area contributed by atoms with Crippen LogP contribution in [-0.4, -0.2) is 47.7 Å². The number of carbonyl (C=O) groups is 2. The molecule has 2 unspecified atom stereocenters. The van der Waals surface area contributed by atoms with E-state index in [0.29, 0.717) is 19.4 Å². The largest absolute Gasteiger partial charge is 0.444 e. The first-order valence-corrected chi connectivity index (χ1v) is 8.38. The molecule has 1 aromatic rings. The number of aliphatic hydroxyl groups excluding tert-OH is 1. The normalized spacial score (nSPS) is 21.4. The maximum absolute atomic E-state index is 12.6. The van der Waals surface area contributed by atoms with Crippen molar-refractivity contribution in [2.45, 2.75) is 57.6 Å². The number of hydrogen-bond donors (Lipinski definition) is 3. The highest BCUT2D eigenvalue weighted by Crippen LogP contribution is 2.12. The first-order valence-electron chi connectivity index (χ1n) is 8.38. The molecule has 1 aliphatic heterocycles. The molecule has 7 nitrogen and oxygen atoms in total. The number of nitrogens with one attached hydrogen (secondary N) is 2. The maximum atomic E-state index is 12.6. The molecule has 3 atom stereocenters. The number of carbonyl (C=O) groups excluding carboxylic acids is 2. The Morgan fingerprint density at radius 2 is 2.00 bits per heavy atom. The van der Waals surface area contributed by atoms with Crippen molar-refractivity contribution in [1.82, 2.24) is 10.6 Å². The molecule has 0 aromatic heterocycles. The Labute approximate surface area is 147 Å². The predicted molar refractivity (Wildman–Crippen MR) is 91.8 cm³/mol. The second kappa shape index (κ2) is 8.31. The summed E-state index contributed by atoms with van der Waals surface area (Å²) in [5.74, 6) is -0.385. The third-order valence-corrected chi connectivity index (χ3v) is 3.68. The monoisotopic (exact) mass is 350 g/mol. The summed E-state index contributed by atoms with van der Waals surface area (Å²) in [7, 11) is 0. The van der Waals surface area contributed by atoms with Crippen molar-refractivity contribution in [3.63, 3.8) is 0 Å². The van der Waals surface area contributed by atoms with E-state index in [9.17, 15) is 14.7 Å². The van der Waals surface area contributed by atoms with Crippen LogP contribution in [0.2, 0.25) is 0 Å². The average molecular weight is 350 g/mol. The molecule has 1 aromatic carbocycles. The van der Waals surface area contributed by atoms with E-state index < -0.39 is 30.1 Å². The lowest BCUT2D eigenvalue weighted by atomic mass is 10.0. The molecular weight excluding hydrogens is 324 g/mol. The number of aliphatic hydroxyl groups is 1. The van der Waals surface area contributed by atoms with Crippen molar-refractivity contribution in [2.75, 3.05) is 6.61 Å². The van der Waals surface area contributed by atoms with Crippen molar-refractivity contribution in [3.05, 3.63) is 35.9 Å². The van der Waals surface area contributed by atoms with Crippen LogP contribution in [0.15, 0.2) is 30.3 Å². The number of amides is 2. The molecule has 2 amide bonds. The third kappa shape index (κ3) is 6.36. The number of rotatable bonds is 5. The van der Waals surface area contributed by atoms with Gasteiger partial charge in [-0.15, -0.1) is 0 Å². The van der Waals surface area contributed by atoms with Crippen LogP contribution in [-0.2, 0) is 20.7 Å². The van der Waals surface area contributed by atoms with E-state index in [1.807, 2.05) is 30.3 Å². The van der Waals surface area contributed by atoms with Crippen molar-refractivity contribution < 1.29 is 24.2 Å². The van der Waals surface area contributed by atoms with Crippen LogP contribution < -0.4 is 10.6 Å². The molecule has 25 heavy (non-hydrogen) atoms. The zero-order valence-corrected chi connectivity index (χ0v) is 14.8. The molecule has 3 N–H and O–H groups in total. The van der Waals surface area contributed by atoms with Crippen LogP contribution >= 0.6 is 0 Å². The van der Waals surface area contributed by atoms with Crippen LogP contribution in [0, 0.1) is 0 Å². The predicted octanol–water partition coefficient (Wildman–Crippen LogP) is 1.35. The van der Waals surface area contributed by atoms with E-state index in [1.165, 1.54) is 0 Å². The summed E-state index contributed by atoms with van der Waals surface area (Å²) in [6.45, 7) is 5.65. The topological polar surface area (TPSA) is 96.9 Å². The van der Waals surface area contributed by atoms with Gasteiger partial charge in [0, 0.05) is 6.42 Å². The molecular formula is C18H26N2O5. The molecule has 0 spiro atoms. The zero-order valence-electron chi connectivity index (χ0n) is 14.8. The summed E-state index contributed by atoms with van der Waals surface area (Å²) in [5, 5.41) is 15.0. The van der Waals surface area contributed by atoms with Gasteiger partial charge in [0.05, 0.1) is 12.6 Å². The first-order chi connectivity index (χ1) is 11.7. The van der Waals surface area contributed by atoms with E-state index in [-0.39, 0.29) is 5.91 Å². The van der Waals surface area contributed by atoms with Crippen LogP contribution in [0.5, 0.6) is 0 Å². The lowest BCUT2D eigenvalue weighted by Crippen LogP contribution is -2.53. The van der Waals surface area contributed by atoms with Gasteiger partial charge in [-0.1, -0.05) is 30.3 Å². The molecule has 1 saturated heterocycles. The van der Waals surface area contributed by atoms with Gasteiger partial charge < -0.3 is 25.2 Å². The van der Waals surface area contributed by atoms with Crippen LogP contribution in [0.25, 0.3) is 0 Å². The van der Waals surface area contributed by atoms with Gasteiger partial charge in [-0.25, -0.2) is 4.79 Å². The second-order valence-electron chi connectivity index (χ2n) is 7.05. The highest BCUT2D eigenvalue weighted by molar-refractivity contribution is 5.86. The minimum atomic E-state index is -1.03. The maximum Gasteiger partial charge on any atom is 0.408 e. The first kappa shape index (κ1) is 19.2. The summed E-state index contributed by atoms with van der Waals surface area (Å²) in [5.41, 5.74) is 0.245. The molecule has 0 bridgehead atoms. The van der Waals surface area contributed by atoms with Gasteiger partial charge in [-0.3, -0.25) is 4.79 Å². The number of ether oxygens (including phenoxy) is 2. The van der Waals surface area contributed by atoms with Crippen molar-refractivity contribution >= 4 is 12.0 Å². The van der Waals surface area contributed by atoms with Crippen LogP contribution in [0.4, 0.5) is 4.79 Å². The molecule has 1 aliphatic rings. The van der Waals surface area contributed by atoms with Gasteiger partial charge in [-0.05, 0) is 32.8 Å². The second-order valence-corrected chi connectivity index (χ2v) is 7.05. The van der Waals surface area contributed by atoms with Crippen molar-refractivity contribution in [2.24, 2.45) is 0 Å². The third-order valence-electron chi connectivity index (χ3n) is 3.68. The smallest absolute Gasteiger partial charge is 0.408 e. The summed E-state index contributed by atoms with van der Waals surface area (Å²) in [6.07, 6.45) is -0.845. The van der Waals surface area contributed by atoms with Gasteiger partial charge >= 0.3 is 6.09 Å². The van der Waals surface area contributed by atoms with Crippen LogP contribution in [0.1, 0.15) is 32.8 Å². The fourth-order valence-electron chi connectivity index (χ4n) is 2.51. The summed E-state index contributed by atoms with van der Waals surface area (Å²) < 4.78 is 10.3. The Morgan fingerprint density at radius 1 is 1.32 bits per heavy atom. The molecule has 7 heteroatoms. The van der Waals surface area contributed by atoms with Gasteiger partial charge in [-0.2, -0.15) is 0 Å². The highest BCUT2D eigenvalue weighted by Gasteiger charge is 2.31. The Morgan fingerprint density at radius 3 is 2.56 bits per heavy atom. The van der Waals surface area contributed by atoms with E-state index >= 15 is 0 Å². The van der Waals surface area contributed by atoms with Gasteiger partial charge in [0.1, 0.15) is 11.6 Å². The Bertz CT molecular complexity index is 585. The molecule has 138 valence electrons. The summed E-state index contributed by atoms with van der Waals surface area (Å²) >= 11 is 0.